The first kappa shape index (κ1) is 13.3. The third-order valence-electron chi connectivity index (χ3n) is 2.34. The Balaban J connectivity index is 2.57. The summed E-state index contributed by atoms with van der Waals surface area (Å²) in [5, 5.41) is 12.2. The molecule has 0 bridgehead atoms. The van der Waals surface area contributed by atoms with Crippen LogP contribution in [0.5, 0.6) is 11.5 Å². The number of anilines is 1. The first-order chi connectivity index (χ1) is 8.17. The Morgan fingerprint density at radius 1 is 1.47 bits per heavy atom. The zero-order valence-corrected chi connectivity index (χ0v) is 9.90. The Bertz CT molecular complexity index is 380. The van der Waals surface area contributed by atoms with Crippen LogP contribution < -0.4 is 15.8 Å². The molecule has 5 heteroatoms. The standard InChI is InChI=1S/C12H18N2O3/c1-17-9-5-6-11(15)10(8-9)14-12(16)4-2-3-7-13/h5-6,8,15H,2-4,7,13H2,1H3,(H,14,16). The Labute approximate surface area is 101 Å². The van der Waals surface area contributed by atoms with Gasteiger partial charge in [0, 0.05) is 12.5 Å². The Hall–Kier alpha value is -1.75. The Morgan fingerprint density at radius 2 is 2.24 bits per heavy atom. The van der Waals surface area contributed by atoms with Crippen LogP contribution in [0, 0.1) is 0 Å². The normalized spacial score (nSPS) is 10.0. The first-order valence-corrected chi connectivity index (χ1v) is 5.54. The maximum absolute atomic E-state index is 11.5. The molecule has 1 amide bonds. The smallest absolute Gasteiger partial charge is 0.224 e. The molecule has 17 heavy (non-hydrogen) atoms. The van der Waals surface area contributed by atoms with Gasteiger partial charge >= 0.3 is 0 Å². The lowest BCUT2D eigenvalue weighted by molar-refractivity contribution is -0.116. The van der Waals surface area contributed by atoms with Gasteiger partial charge in [-0.05, 0) is 31.5 Å². The molecule has 0 heterocycles. The molecule has 0 radical (unpaired) electrons. The number of carbonyl (C=O) groups is 1. The topological polar surface area (TPSA) is 84.6 Å². The molecule has 5 nitrogen and oxygen atoms in total. The van der Waals surface area contributed by atoms with E-state index in [1.807, 2.05) is 0 Å². The molecule has 1 aromatic rings. The van der Waals surface area contributed by atoms with Gasteiger partial charge in [0.2, 0.25) is 5.91 Å². The van der Waals surface area contributed by atoms with E-state index in [-0.39, 0.29) is 11.7 Å². The van der Waals surface area contributed by atoms with Crippen LogP contribution in [0.25, 0.3) is 0 Å². The number of rotatable bonds is 6. The molecule has 0 fully saturated rings. The van der Waals surface area contributed by atoms with Crippen LogP contribution in [0.1, 0.15) is 19.3 Å². The van der Waals surface area contributed by atoms with Crippen LogP contribution in [-0.2, 0) is 4.79 Å². The van der Waals surface area contributed by atoms with Gasteiger partial charge in [-0.3, -0.25) is 4.79 Å². The van der Waals surface area contributed by atoms with Crippen molar-refractivity contribution in [2.24, 2.45) is 5.73 Å². The fourth-order valence-corrected chi connectivity index (χ4v) is 1.38. The van der Waals surface area contributed by atoms with Gasteiger partial charge in [-0.1, -0.05) is 0 Å². The molecule has 0 aliphatic rings. The van der Waals surface area contributed by atoms with Crippen molar-refractivity contribution in [1.82, 2.24) is 0 Å². The summed E-state index contributed by atoms with van der Waals surface area (Å²) in [6.45, 7) is 0.581. The van der Waals surface area contributed by atoms with E-state index in [9.17, 15) is 9.90 Å². The number of phenols is 1. The summed E-state index contributed by atoms with van der Waals surface area (Å²) in [5.41, 5.74) is 5.70. The molecule has 0 aliphatic heterocycles. The number of amides is 1. The van der Waals surface area contributed by atoms with Gasteiger partial charge in [-0.15, -0.1) is 0 Å². The maximum Gasteiger partial charge on any atom is 0.224 e. The summed E-state index contributed by atoms with van der Waals surface area (Å²) < 4.78 is 5.01. The zero-order chi connectivity index (χ0) is 12.7. The summed E-state index contributed by atoms with van der Waals surface area (Å²) in [4.78, 5) is 11.5. The van der Waals surface area contributed by atoms with E-state index < -0.39 is 0 Å². The molecule has 0 saturated carbocycles. The van der Waals surface area contributed by atoms with Gasteiger partial charge in [-0.2, -0.15) is 0 Å². The van der Waals surface area contributed by atoms with E-state index >= 15 is 0 Å². The maximum atomic E-state index is 11.5. The minimum absolute atomic E-state index is 0.0259. The van der Waals surface area contributed by atoms with Gasteiger partial charge in [-0.25, -0.2) is 0 Å². The second kappa shape index (κ2) is 6.75. The molecule has 0 aromatic heterocycles. The summed E-state index contributed by atoms with van der Waals surface area (Å²) in [5.74, 6) is 0.472. The summed E-state index contributed by atoms with van der Waals surface area (Å²) in [6, 6.07) is 4.68. The number of unbranched alkanes of at least 4 members (excludes halogenated alkanes) is 1. The van der Waals surface area contributed by atoms with E-state index in [4.69, 9.17) is 10.5 Å². The highest BCUT2D eigenvalue weighted by atomic mass is 16.5. The molecule has 0 spiro atoms. The predicted molar refractivity (Wildman–Crippen MR) is 66.2 cm³/mol. The molecule has 0 unspecified atom stereocenters. The van der Waals surface area contributed by atoms with Gasteiger partial charge in [0.1, 0.15) is 11.5 Å². The third-order valence-corrected chi connectivity index (χ3v) is 2.34. The number of hydrogen-bond acceptors (Lipinski definition) is 4. The number of nitrogens with one attached hydrogen (secondary N) is 1. The zero-order valence-electron chi connectivity index (χ0n) is 9.90. The number of hydrogen-bond donors (Lipinski definition) is 3. The fraction of sp³-hybridized carbons (Fsp3) is 0.417. The molecule has 94 valence electrons. The number of methoxy groups -OCH3 is 1. The van der Waals surface area contributed by atoms with Gasteiger partial charge < -0.3 is 20.9 Å². The minimum atomic E-state index is -0.137. The van der Waals surface area contributed by atoms with Gasteiger partial charge in [0.05, 0.1) is 12.8 Å². The summed E-state index contributed by atoms with van der Waals surface area (Å²) in [7, 11) is 1.53. The van der Waals surface area contributed by atoms with Crippen LogP contribution in [0.3, 0.4) is 0 Å². The lowest BCUT2D eigenvalue weighted by Crippen LogP contribution is -2.12. The molecule has 1 rings (SSSR count). The lowest BCUT2D eigenvalue weighted by Gasteiger charge is -2.08. The van der Waals surface area contributed by atoms with Crippen molar-refractivity contribution in [2.75, 3.05) is 19.0 Å². The SMILES string of the molecule is COc1ccc(O)c(NC(=O)CCCCN)c1. The number of phenolic OH excluding ortho intramolecular Hbond substituents is 1. The largest absolute Gasteiger partial charge is 0.506 e. The number of carbonyl (C=O) groups excluding carboxylic acids is 1. The van der Waals surface area contributed by atoms with Crippen molar-refractivity contribution >= 4 is 11.6 Å². The first-order valence-electron chi connectivity index (χ1n) is 5.54. The molecule has 0 saturated heterocycles. The highest BCUT2D eigenvalue weighted by Crippen LogP contribution is 2.27. The number of ether oxygens (including phenoxy) is 1. The van der Waals surface area contributed by atoms with Crippen LogP contribution in [0.2, 0.25) is 0 Å². The van der Waals surface area contributed by atoms with Gasteiger partial charge in [0.25, 0.3) is 0 Å². The number of nitrogens with two attached hydrogens (primary N) is 1. The molecule has 0 atom stereocenters. The predicted octanol–water partition coefficient (Wildman–Crippen LogP) is 1.47. The number of aromatic hydroxyl groups is 1. The van der Waals surface area contributed by atoms with Crippen molar-refractivity contribution in [1.29, 1.82) is 0 Å². The monoisotopic (exact) mass is 238 g/mol. The average molecular weight is 238 g/mol. The average Bonchev–Trinajstić information content (AvgIpc) is 2.32. The summed E-state index contributed by atoms with van der Waals surface area (Å²) >= 11 is 0. The quantitative estimate of drug-likeness (QED) is 0.517. The van der Waals surface area contributed by atoms with E-state index in [0.717, 1.165) is 12.8 Å². The van der Waals surface area contributed by atoms with E-state index in [1.165, 1.54) is 13.2 Å². The molecular formula is C12H18N2O3. The molecule has 1 aromatic carbocycles. The van der Waals surface area contributed by atoms with Gasteiger partial charge in [0.15, 0.2) is 0 Å². The third kappa shape index (κ3) is 4.32. The van der Waals surface area contributed by atoms with Crippen molar-refractivity contribution in [3.63, 3.8) is 0 Å². The molecule has 4 N–H and O–H groups in total. The lowest BCUT2D eigenvalue weighted by atomic mass is 10.2. The van der Waals surface area contributed by atoms with Crippen molar-refractivity contribution in [2.45, 2.75) is 19.3 Å². The van der Waals surface area contributed by atoms with Crippen molar-refractivity contribution in [3.8, 4) is 11.5 Å². The van der Waals surface area contributed by atoms with Crippen LogP contribution in [0.4, 0.5) is 5.69 Å². The van der Waals surface area contributed by atoms with Crippen molar-refractivity contribution < 1.29 is 14.6 Å². The second-order valence-corrected chi connectivity index (χ2v) is 3.68. The van der Waals surface area contributed by atoms with E-state index in [2.05, 4.69) is 5.32 Å². The molecular weight excluding hydrogens is 220 g/mol. The number of benzene rings is 1. The second-order valence-electron chi connectivity index (χ2n) is 3.68. The summed E-state index contributed by atoms with van der Waals surface area (Å²) in [6.07, 6.45) is 1.96. The fourth-order valence-electron chi connectivity index (χ4n) is 1.38. The Kier molecular flexibility index (Phi) is 5.29. The van der Waals surface area contributed by atoms with E-state index in [0.29, 0.717) is 24.4 Å². The van der Waals surface area contributed by atoms with Crippen LogP contribution in [0.15, 0.2) is 18.2 Å². The molecule has 0 aliphatic carbocycles. The minimum Gasteiger partial charge on any atom is -0.506 e. The highest BCUT2D eigenvalue weighted by Gasteiger charge is 2.07. The Morgan fingerprint density at radius 3 is 2.88 bits per heavy atom. The van der Waals surface area contributed by atoms with Crippen molar-refractivity contribution in [3.05, 3.63) is 18.2 Å². The van der Waals surface area contributed by atoms with Crippen LogP contribution in [-0.4, -0.2) is 24.7 Å². The van der Waals surface area contributed by atoms with E-state index in [1.54, 1.807) is 12.1 Å². The highest BCUT2D eigenvalue weighted by molar-refractivity contribution is 5.92. The van der Waals surface area contributed by atoms with Crippen LogP contribution >= 0.6 is 0 Å².